The van der Waals surface area contributed by atoms with Gasteiger partial charge in [-0.15, -0.1) is 0 Å². The molecule has 7 nitrogen and oxygen atoms in total. The zero-order valence-electron chi connectivity index (χ0n) is 14.3. The molecule has 0 bridgehead atoms. The Kier molecular flexibility index (Phi) is 4.76. The number of imide groups is 1. The fourth-order valence-electron chi connectivity index (χ4n) is 3.58. The molecule has 1 aliphatic carbocycles. The summed E-state index contributed by atoms with van der Waals surface area (Å²) in [6, 6.07) is 8.65. The second kappa shape index (κ2) is 6.72. The Hall–Kier alpha value is -2.40. The Labute approximate surface area is 159 Å². The highest BCUT2D eigenvalue weighted by molar-refractivity contribution is 9.10. The van der Waals surface area contributed by atoms with Crippen LogP contribution in [0, 0.1) is 11.3 Å². The molecule has 26 heavy (non-hydrogen) atoms. The molecule has 1 aliphatic heterocycles. The summed E-state index contributed by atoms with van der Waals surface area (Å²) in [6.45, 7) is 1.20. The highest BCUT2D eigenvalue weighted by Gasteiger charge is 2.50. The summed E-state index contributed by atoms with van der Waals surface area (Å²) in [5.74, 6) is -1.00. The van der Waals surface area contributed by atoms with Crippen LogP contribution in [0.2, 0.25) is 0 Å². The zero-order chi connectivity index (χ0) is 18.9. The number of halogens is 1. The number of nitriles is 1. The van der Waals surface area contributed by atoms with E-state index >= 15 is 0 Å². The van der Waals surface area contributed by atoms with E-state index < -0.39 is 35.5 Å². The number of rotatable bonds is 4. The first kappa shape index (κ1) is 18.4. The van der Waals surface area contributed by atoms with Crippen molar-refractivity contribution in [3.63, 3.8) is 0 Å². The molecule has 1 atom stereocenters. The van der Waals surface area contributed by atoms with Gasteiger partial charge in [-0.05, 0) is 38.7 Å². The molecule has 1 aromatic carbocycles. The average molecular weight is 419 g/mol. The summed E-state index contributed by atoms with van der Waals surface area (Å²) < 4.78 is 0.692. The van der Waals surface area contributed by atoms with Gasteiger partial charge >= 0.3 is 6.03 Å². The summed E-state index contributed by atoms with van der Waals surface area (Å²) >= 11 is 3.40. The van der Waals surface area contributed by atoms with Crippen LogP contribution in [0.1, 0.15) is 38.2 Å². The highest BCUT2D eigenvalue weighted by atomic mass is 79.9. The molecular weight excluding hydrogens is 400 g/mol. The molecule has 1 saturated heterocycles. The fourth-order valence-corrected chi connectivity index (χ4v) is 4.26. The molecule has 3 rings (SSSR count). The maximum atomic E-state index is 12.9. The third-order valence-electron chi connectivity index (χ3n) is 5.04. The Morgan fingerprint density at radius 1 is 1.35 bits per heavy atom. The van der Waals surface area contributed by atoms with Gasteiger partial charge in [0.15, 0.2) is 0 Å². The van der Waals surface area contributed by atoms with E-state index in [0.29, 0.717) is 22.9 Å². The van der Waals surface area contributed by atoms with Crippen molar-refractivity contribution < 1.29 is 14.4 Å². The van der Waals surface area contributed by atoms with E-state index in [1.807, 2.05) is 6.07 Å². The number of hydrogen-bond acceptors (Lipinski definition) is 4. The van der Waals surface area contributed by atoms with Crippen LogP contribution in [0.15, 0.2) is 28.7 Å². The first-order valence-electron chi connectivity index (χ1n) is 8.43. The van der Waals surface area contributed by atoms with E-state index in [1.54, 1.807) is 25.1 Å². The van der Waals surface area contributed by atoms with Crippen molar-refractivity contribution in [2.45, 2.75) is 43.7 Å². The largest absolute Gasteiger partial charge is 0.336 e. The summed E-state index contributed by atoms with van der Waals surface area (Å²) in [5, 5.41) is 14.7. The van der Waals surface area contributed by atoms with Crippen LogP contribution in [0.4, 0.5) is 4.79 Å². The predicted molar refractivity (Wildman–Crippen MR) is 96.7 cm³/mol. The van der Waals surface area contributed by atoms with E-state index in [2.05, 4.69) is 32.6 Å². The lowest BCUT2D eigenvalue weighted by Gasteiger charge is -2.25. The normalized spacial score (nSPS) is 24.3. The lowest BCUT2D eigenvalue weighted by atomic mass is 9.92. The van der Waals surface area contributed by atoms with Gasteiger partial charge in [0.2, 0.25) is 5.91 Å². The number of nitrogens with one attached hydrogen (secondary N) is 2. The monoisotopic (exact) mass is 418 g/mol. The molecule has 2 fully saturated rings. The van der Waals surface area contributed by atoms with Gasteiger partial charge in [-0.25, -0.2) is 4.79 Å². The molecule has 1 aromatic rings. The van der Waals surface area contributed by atoms with E-state index in [4.69, 9.17) is 0 Å². The summed E-state index contributed by atoms with van der Waals surface area (Å²) in [6.07, 6.45) is 2.92. The molecule has 2 aliphatic rings. The van der Waals surface area contributed by atoms with Gasteiger partial charge in [0.1, 0.15) is 17.6 Å². The smallest absolute Gasteiger partial charge is 0.325 e. The first-order valence-corrected chi connectivity index (χ1v) is 9.22. The van der Waals surface area contributed by atoms with Crippen LogP contribution in [0.5, 0.6) is 0 Å². The van der Waals surface area contributed by atoms with Gasteiger partial charge in [-0.2, -0.15) is 5.26 Å². The molecule has 1 unspecified atom stereocenters. The first-order chi connectivity index (χ1) is 12.3. The number of nitrogens with zero attached hydrogens (tertiary/aromatic N) is 2. The van der Waals surface area contributed by atoms with Gasteiger partial charge in [0.05, 0.1) is 6.07 Å². The minimum Gasteiger partial charge on any atom is -0.336 e. The Bertz CT molecular complexity index is 813. The topological polar surface area (TPSA) is 102 Å². The van der Waals surface area contributed by atoms with Crippen molar-refractivity contribution in [2.24, 2.45) is 0 Å². The Morgan fingerprint density at radius 3 is 2.62 bits per heavy atom. The number of carbonyl (C=O) groups is 3. The minimum atomic E-state index is -1.25. The van der Waals surface area contributed by atoms with E-state index in [0.717, 1.165) is 17.7 Å². The lowest BCUT2D eigenvalue weighted by Crippen LogP contribution is -2.50. The van der Waals surface area contributed by atoms with Crippen molar-refractivity contribution in [3.8, 4) is 6.07 Å². The maximum Gasteiger partial charge on any atom is 0.325 e. The molecule has 1 heterocycles. The third-order valence-corrected chi connectivity index (χ3v) is 5.73. The molecule has 1 saturated carbocycles. The minimum absolute atomic E-state index is 0.409. The molecule has 0 aromatic heterocycles. The number of amides is 4. The van der Waals surface area contributed by atoms with Crippen molar-refractivity contribution in [1.29, 1.82) is 5.26 Å². The predicted octanol–water partition coefficient (Wildman–Crippen LogP) is 2.17. The molecule has 0 spiro atoms. The fraction of sp³-hybridized carbons (Fsp3) is 0.444. The molecular formula is C18H19BrN4O3. The zero-order valence-corrected chi connectivity index (χ0v) is 15.9. The van der Waals surface area contributed by atoms with Crippen molar-refractivity contribution in [3.05, 3.63) is 34.3 Å². The van der Waals surface area contributed by atoms with Crippen molar-refractivity contribution in [1.82, 2.24) is 15.5 Å². The molecule has 4 amide bonds. The Balaban J connectivity index is 1.77. The van der Waals surface area contributed by atoms with Crippen LogP contribution in [0.3, 0.4) is 0 Å². The summed E-state index contributed by atoms with van der Waals surface area (Å²) in [5.41, 5.74) is -1.52. The quantitative estimate of drug-likeness (QED) is 0.731. The summed E-state index contributed by atoms with van der Waals surface area (Å²) in [7, 11) is 0. The number of hydrogen-bond donors (Lipinski definition) is 2. The third kappa shape index (κ3) is 3.07. The van der Waals surface area contributed by atoms with E-state index in [-0.39, 0.29) is 0 Å². The van der Waals surface area contributed by atoms with Gasteiger partial charge in [-0.3, -0.25) is 14.5 Å². The number of benzene rings is 1. The van der Waals surface area contributed by atoms with Gasteiger partial charge < -0.3 is 10.6 Å². The van der Waals surface area contributed by atoms with Gasteiger partial charge in [0, 0.05) is 10.0 Å². The number of carbonyl (C=O) groups excluding carboxylic acids is 3. The van der Waals surface area contributed by atoms with E-state index in [9.17, 15) is 19.6 Å². The SMILES string of the molecule is CC1(c2ccccc2Br)NC(=O)N(CC(=O)NC2(C#N)CCCC2)C1=O. The van der Waals surface area contributed by atoms with Crippen molar-refractivity contribution >= 4 is 33.8 Å². The van der Waals surface area contributed by atoms with Crippen LogP contribution >= 0.6 is 15.9 Å². The number of urea groups is 1. The standard InChI is InChI=1S/C18H19BrN4O3/c1-17(12-6-2-3-7-13(12)19)15(25)23(16(26)22-17)10-14(24)21-18(11-20)8-4-5-9-18/h2-3,6-7H,4-5,8-10H2,1H3,(H,21,24)(H,22,26). The van der Waals surface area contributed by atoms with Gasteiger partial charge in [0.25, 0.3) is 5.91 Å². The van der Waals surface area contributed by atoms with Crippen molar-refractivity contribution in [2.75, 3.05) is 6.54 Å². The van der Waals surface area contributed by atoms with E-state index in [1.165, 1.54) is 0 Å². The Morgan fingerprint density at radius 2 is 2.00 bits per heavy atom. The second-order valence-electron chi connectivity index (χ2n) is 6.88. The second-order valence-corrected chi connectivity index (χ2v) is 7.73. The van der Waals surface area contributed by atoms with Crippen LogP contribution < -0.4 is 10.6 Å². The molecule has 8 heteroatoms. The molecule has 2 N–H and O–H groups in total. The maximum absolute atomic E-state index is 12.9. The molecule has 136 valence electrons. The van der Waals surface area contributed by atoms with Crippen LogP contribution in [-0.2, 0) is 15.1 Å². The van der Waals surface area contributed by atoms with Gasteiger partial charge in [-0.1, -0.05) is 34.1 Å². The summed E-state index contributed by atoms with van der Waals surface area (Å²) in [4.78, 5) is 38.5. The van der Waals surface area contributed by atoms with Crippen LogP contribution in [-0.4, -0.2) is 34.8 Å². The highest BCUT2D eigenvalue weighted by Crippen LogP contribution is 2.34. The van der Waals surface area contributed by atoms with Crippen LogP contribution in [0.25, 0.3) is 0 Å². The average Bonchev–Trinajstić information content (AvgIpc) is 3.15. The molecule has 0 radical (unpaired) electrons. The lowest BCUT2D eigenvalue weighted by molar-refractivity contribution is -0.135.